The van der Waals surface area contributed by atoms with Crippen molar-refractivity contribution in [3.8, 4) is 11.5 Å². The Morgan fingerprint density at radius 1 is 1.10 bits per heavy atom. The zero-order valence-corrected chi connectivity index (χ0v) is 17.3. The second kappa shape index (κ2) is 9.20. The molecule has 0 aliphatic carbocycles. The average molecular weight is 408 g/mol. The molecule has 0 radical (unpaired) electrons. The number of carbonyl (C=O) groups is 1. The molecule has 0 unspecified atom stereocenters. The molecule has 5 nitrogen and oxygen atoms in total. The highest BCUT2D eigenvalue weighted by atomic mass is 32.1. The summed E-state index contributed by atoms with van der Waals surface area (Å²) in [7, 11) is 0. The Morgan fingerprint density at radius 2 is 1.79 bits per heavy atom. The maximum Gasteiger partial charge on any atom is 0.227 e. The third-order valence-corrected chi connectivity index (χ3v) is 5.93. The van der Waals surface area contributed by atoms with Crippen LogP contribution in [0.4, 0.5) is 5.69 Å². The number of piperidine rings is 1. The number of rotatable bonds is 6. The van der Waals surface area contributed by atoms with E-state index in [1.54, 1.807) is 11.3 Å². The number of amides is 1. The topological polar surface area (TPSA) is 54.5 Å². The first kappa shape index (κ1) is 19.6. The molecule has 4 rings (SSSR count). The first-order valence-electron chi connectivity index (χ1n) is 9.93. The van der Waals surface area contributed by atoms with Gasteiger partial charge in [-0.1, -0.05) is 18.2 Å². The van der Waals surface area contributed by atoms with Crippen molar-refractivity contribution in [3.05, 3.63) is 70.7 Å². The summed E-state index contributed by atoms with van der Waals surface area (Å²) in [5.74, 6) is 1.71. The fraction of sp³-hybridized carbons (Fsp3) is 0.304. The van der Waals surface area contributed by atoms with Gasteiger partial charge < -0.3 is 10.1 Å². The quantitative estimate of drug-likeness (QED) is 0.618. The van der Waals surface area contributed by atoms with Crippen molar-refractivity contribution in [2.45, 2.75) is 26.3 Å². The van der Waals surface area contributed by atoms with Gasteiger partial charge in [0, 0.05) is 23.5 Å². The molecule has 1 saturated heterocycles. The number of nitrogens with one attached hydrogen (secondary N) is 1. The second-order valence-electron chi connectivity index (χ2n) is 7.34. The summed E-state index contributed by atoms with van der Waals surface area (Å²) in [6, 6.07) is 17.2. The Bertz CT molecular complexity index is 932. The Kier molecular flexibility index (Phi) is 6.22. The Labute approximate surface area is 175 Å². The monoisotopic (exact) mass is 407 g/mol. The average Bonchev–Trinajstić information content (AvgIpc) is 3.15. The van der Waals surface area contributed by atoms with Crippen LogP contribution in [0, 0.1) is 12.8 Å². The third kappa shape index (κ3) is 5.43. The molecule has 29 heavy (non-hydrogen) atoms. The van der Waals surface area contributed by atoms with Crippen LogP contribution in [0.15, 0.2) is 60.0 Å². The molecule has 0 spiro atoms. The molecule has 0 saturated carbocycles. The molecule has 1 amide bonds. The summed E-state index contributed by atoms with van der Waals surface area (Å²) < 4.78 is 5.79. The van der Waals surface area contributed by atoms with Gasteiger partial charge in [-0.15, -0.1) is 11.3 Å². The number of aryl methyl sites for hydroxylation is 1. The lowest BCUT2D eigenvalue weighted by molar-refractivity contribution is -0.121. The van der Waals surface area contributed by atoms with Gasteiger partial charge in [0.2, 0.25) is 5.91 Å². The van der Waals surface area contributed by atoms with Crippen LogP contribution < -0.4 is 10.1 Å². The number of ether oxygens (including phenoxy) is 1. The molecule has 1 aliphatic heterocycles. The molecule has 150 valence electrons. The van der Waals surface area contributed by atoms with Crippen molar-refractivity contribution in [3.63, 3.8) is 0 Å². The van der Waals surface area contributed by atoms with E-state index >= 15 is 0 Å². The summed E-state index contributed by atoms with van der Waals surface area (Å²) in [4.78, 5) is 19.6. The lowest BCUT2D eigenvalue weighted by atomic mass is 9.95. The van der Waals surface area contributed by atoms with Crippen LogP contribution >= 0.6 is 11.3 Å². The van der Waals surface area contributed by atoms with Crippen LogP contribution in [-0.2, 0) is 11.3 Å². The zero-order chi connectivity index (χ0) is 20.1. The molecular formula is C23H25N3O2S. The van der Waals surface area contributed by atoms with Crippen molar-refractivity contribution in [2.24, 2.45) is 5.92 Å². The molecule has 1 aliphatic rings. The van der Waals surface area contributed by atoms with E-state index in [1.807, 2.05) is 61.5 Å². The summed E-state index contributed by atoms with van der Waals surface area (Å²) in [6.45, 7) is 4.77. The van der Waals surface area contributed by atoms with Crippen molar-refractivity contribution in [1.29, 1.82) is 0 Å². The zero-order valence-electron chi connectivity index (χ0n) is 16.5. The van der Waals surface area contributed by atoms with Gasteiger partial charge in [-0.3, -0.25) is 9.69 Å². The second-order valence-corrected chi connectivity index (χ2v) is 8.40. The van der Waals surface area contributed by atoms with Crippen molar-refractivity contribution in [2.75, 3.05) is 18.4 Å². The van der Waals surface area contributed by atoms with Crippen LogP contribution in [-0.4, -0.2) is 28.9 Å². The van der Waals surface area contributed by atoms with E-state index in [1.165, 1.54) is 0 Å². The van der Waals surface area contributed by atoms with Crippen LogP contribution in [0.25, 0.3) is 0 Å². The van der Waals surface area contributed by atoms with Crippen LogP contribution in [0.5, 0.6) is 11.5 Å². The number of benzene rings is 2. The number of para-hydroxylation sites is 1. The lowest BCUT2D eigenvalue weighted by Gasteiger charge is -2.30. The maximum absolute atomic E-state index is 12.6. The van der Waals surface area contributed by atoms with Crippen molar-refractivity contribution in [1.82, 2.24) is 9.88 Å². The fourth-order valence-corrected chi connectivity index (χ4v) is 4.14. The number of likely N-dealkylation sites (tertiary alicyclic amines) is 1. The Hall–Kier alpha value is -2.70. The summed E-state index contributed by atoms with van der Waals surface area (Å²) in [6.07, 6.45) is 1.76. The van der Waals surface area contributed by atoms with E-state index in [4.69, 9.17) is 4.74 Å². The predicted octanol–water partition coefficient (Wildman–Crippen LogP) is 5.09. The number of nitrogens with zero attached hydrogens (tertiary/aromatic N) is 2. The Morgan fingerprint density at radius 3 is 2.45 bits per heavy atom. The molecule has 0 atom stereocenters. The van der Waals surface area contributed by atoms with Gasteiger partial charge in [0.05, 0.1) is 10.7 Å². The van der Waals surface area contributed by atoms with E-state index in [9.17, 15) is 4.79 Å². The van der Waals surface area contributed by atoms with Crippen LogP contribution in [0.1, 0.15) is 23.5 Å². The smallest absolute Gasteiger partial charge is 0.227 e. The molecule has 2 heterocycles. The van der Waals surface area contributed by atoms with E-state index < -0.39 is 0 Å². The SMILES string of the molecule is Cc1nc(CN2CCC(C(=O)Nc3ccc(Oc4ccccc4)cc3)CC2)cs1. The first-order chi connectivity index (χ1) is 14.2. The third-order valence-electron chi connectivity index (χ3n) is 5.11. The molecular weight excluding hydrogens is 382 g/mol. The van der Waals surface area contributed by atoms with Gasteiger partial charge in [0.1, 0.15) is 11.5 Å². The molecule has 6 heteroatoms. The Balaban J connectivity index is 1.25. The van der Waals surface area contributed by atoms with E-state index in [-0.39, 0.29) is 11.8 Å². The van der Waals surface area contributed by atoms with E-state index in [0.29, 0.717) is 0 Å². The molecule has 3 aromatic rings. The van der Waals surface area contributed by atoms with Crippen molar-refractivity contribution >= 4 is 22.9 Å². The number of anilines is 1. The predicted molar refractivity (Wildman–Crippen MR) is 116 cm³/mol. The highest BCUT2D eigenvalue weighted by Gasteiger charge is 2.25. The molecule has 1 aromatic heterocycles. The summed E-state index contributed by atoms with van der Waals surface area (Å²) >= 11 is 1.69. The lowest BCUT2D eigenvalue weighted by Crippen LogP contribution is -2.37. The number of aromatic nitrogens is 1. The number of carbonyl (C=O) groups excluding carboxylic acids is 1. The first-order valence-corrected chi connectivity index (χ1v) is 10.8. The van der Waals surface area contributed by atoms with Crippen molar-refractivity contribution < 1.29 is 9.53 Å². The van der Waals surface area contributed by atoms with Gasteiger partial charge in [-0.2, -0.15) is 0 Å². The molecule has 1 fully saturated rings. The molecule has 2 aromatic carbocycles. The normalized spacial score (nSPS) is 15.2. The minimum absolute atomic E-state index is 0.0589. The van der Waals surface area contributed by atoms with E-state index in [2.05, 4.69) is 20.6 Å². The highest BCUT2D eigenvalue weighted by Crippen LogP contribution is 2.24. The van der Waals surface area contributed by atoms with Gasteiger partial charge >= 0.3 is 0 Å². The summed E-state index contributed by atoms with van der Waals surface area (Å²) in [5, 5.41) is 6.28. The van der Waals surface area contributed by atoms with Crippen LogP contribution in [0.3, 0.4) is 0 Å². The number of hydrogen-bond acceptors (Lipinski definition) is 5. The molecule has 1 N–H and O–H groups in total. The number of thiazole rings is 1. The summed E-state index contributed by atoms with van der Waals surface area (Å²) in [5.41, 5.74) is 1.93. The largest absolute Gasteiger partial charge is 0.457 e. The van der Waals surface area contributed by atoms with Crippen LogP contribution in [0.2, 0.25) is 0 Å². The van der Waals surface area contributed by atoms with Gasteiger partial charge in [0.15, 0.2) is 0 Å². The minimum atomic E-state index is 0.0589. The van der Waals surface area contributed by atoms with Gasteiger partial charge in [-0.05, 0) is 69.3 Å². The highest BCUT2D eigenvalue weighted by molar-refractivity contribution is 7.09. The maximum atomic E-state index is 12.6. The van der Waals surface area contributed by atoms with Gasteiger partial charge in [0.25, 0.3) is 0 Å². The standard InChI is InChI=1S/C23H25N3O2S/c1-17-24-20(16-29-17)15-26-13-11-18(12-14-26)23(27)25-19-7-9-22(10-8-19)28-21-5-3-2-4-6-21/h2-10,16,18H,11-15H2,1H3,(H,25,27). The minimum Gasteiger partial charge on any atom is -0.457 e. The number of hydrogen-bond donors (Lipinski definition) is 1. The van der Waals surface area contributed by atoms with Gasteiger partial charge in [-0.25, -0.2) is 4.98 Å². The molecule has 0 bridgehead atoms. The fourth-order valence-electron chi connectivity index (χ4n) is 3.54. The van der Waals surface area contributed by atoms with E-state index in [0.717, 1.165) is 60.4 Å².